The van der Waals surface area contributed by atoms with Crippen molar-refractivity contribution >= 4 is 0 Å². The molecule has 0 spiro atoms. The number of para-hydroxylation sites is 1. The maximum atomic E-state index is 13.0. The Morgan fingerprint density at radius 1 is 1.31 bits per heavy atom. The Morgan fingerprint density at radius 3 is 2.46 bits per heavy atom. The van der Waals surface area contributed by atoms with Gasteiger partial charge in [0, 0.05) is 6.04 Å². The highest BCUT2D eigenvalue weighted by Crippen LogP contribution is 2.17. The summed E-state index contributed by atoms with van der Waals surface area (Å²) in [5, 5.41) is 0. The zero-order chi connectivity index (χ0) is 9.84. The van der Waals surface area contributed by atoms with Gasteiger partial charge in [-0.25, -0.2) is 4.39 Å². The molecule has 1 aromatic rings. The first-order valence-electron chi connectivity index (χ1n) is 4.28. The summed E-state index contributed by atoms with van der Waals surface area (Å²) in [6, 6.07) is 6.20. The minimum Gasteiger partial charge on any atom is -0.486 e. The average molecular weight is 183 g/mol. The van der Waals surface area contributed by atoms with Gasteiger partial charge in [0.25, 0.3) is 0 Å². The van der Waals surface area contributed by atoms with Crippen molar-refractivity contribution in [1.82, 2.24) is 0 Å². The average Bonchev–Trinajstić information content (AvgIpc) is 2.08. The molecule has 0 bridgehead atoms. The molecule has 0 aromatic heterocycles. The summed E-state index contributed by atoms with van der Waals surface area (Å²) in [4.78, 5) is 0. The van der Waals surface area contributed by atoms with Crippen LogP contribution >= 0.6 is 0 Å². The Balaban J connectivity index is 2.69. The van der Waals surface area contributed by atoms with Gasteiger partial charge < -0.3 is 10.5 Å². The standard InChI is InChI=1S/C10H14FNO/c1-7(12)8(2)13-10-6-4-3-5-9(10)11/h3-8H,12H2,1-2H3/t7-,8-/m0/s1. The maximum Gasteiger partial charge on any atom is 0.165 e. The van der Waals surface area contributed by atoms with E-state index in [9.17, 15) is 4.39 Å². The predicted octanol–water partition coefficient (Wildman–Crippen LogP) is 1.94. The zero-order valence-electron chi connectivity index (χ0n) is 7.83. The van der Waals surface area contributed by atoms with Crippen molar-refractivity contribution in [2.24, 2.45) is 5.73 Å². The van der Waals surface area contributed by atoms with Crippen molar-refractivity contribution in [3.05, 3.63) is 30.1 Å². The molecule has 2 N–H and O–H groups in total. The first kappa shape index (κ1) is 9.99. The third-order valence-electron chi connectivity index (χ3n) is 1.89. The van der Waals surface area contributed by atoms with Crippen LogP contribution in [0.15, 0.2) is 24.3 Å². The van der Waals surface area contributed by atoms with Gasteiger partial charge in [0.2, 0.25) is 0 Å². The molecule has 0 heterocycles. The van der Waals surface area contributed by atoms with E-state index in [4.69, 9.17) is 10.5 Å². The lowest BCUT2D eigenvalue weighted by molar-refractivity contribution is 0.188. The second-order valence-corrected chi connectivity index (χ2v) is 3.11. The summed E-state index contributed by atoms with van der Waals surface area (Å²) >= 11 is 0. The summed E-state index contributed by atoms with van der Waals surface area (Å²) in [7, 11) is 0. The highest BCUT2D eigenvalue weighted by Gasteiger charge is 2.10. The quantitative estimate of drug-likeness (QED) is 0.777. The summed E-state index contributed by atoms with van der Waals surface area (Å²) < 4.78 is 18.4. The van der Waals surface area contributed by atoms with Crippen molar-refractivity contribution in [3.8, 4) is 5.75 Å². The molecule has 0 unspecified atom stereocenters. The molecular weight excluding hydrogens is 169 g/mol. The van der Waals surface area contributed by atoms with Crippen LogP contribution in [0.1, 0.15) is 13.8 Å². The number of benzene rings is 1. The van der Waals surface area contributed by atoms with Crippen molar-refractivity contribution in [1.29, 1.82) is 0 Å². The minimum absolute atomic E-state index is 0.111. The molecule has 0 fully saturated rings. The van der Waals surface area contributed by atoms with E-state index < -0.39 is 0 Å². The van der Waals surface area contributed by atoms with Gasteiger partial charge in [0.15, 0.2) is 11.6 Å². The van der Waals surface area contributed by atoms with Gasteiger partial charge in [0.1, 0.15) is 6.10 Å². The number of halogens is 1. The lowest BCUT2D eigenvalue weighted by atomic mass is 10.2. The Labute approximate surface area is 77.5 Å². The fourth-order valence-corrected chi connectivity index (χ4v) is 0.848. The lowest BCUT2D eigenvalue weighted by Crippen LogP contribution is -2.33. The van der Waals surface area contributed by atoms with Crippen LogP contribution in [0.4, 0.5) is 4.39 Å². The van der Waals surface area contributed by atoms with Crippen molar-refractivity contribution < 1.29 is 9.13 Å². The molecule has 0 saturated carbocycles. The molecule has 0 saturated heterocycles. The fraction of sp³-hybridized carbons (Fsp3) is 0.400. The van der Waals surface area contributed by atoms with Crippen molar-refractivity contribution in [2.45, 2.75) is 26.0 Å². The molecule has 0 aliphatic heterocycles. The van der Waals surface area contributed by atoms with Crippen LogP contribution in [0.25, 0.3) is 0 Å². The molecule has 13 heavy (non-hydrogen) atoms. The number of nitrogens with two attached hydrogens (primary N) is 1. The first-order chi connectivity index (χ1) is 6.11. The van der Waals surface area contributed by atoms with Crippen LogP contribution in [0, 0.1) is 5.82 Å². The summed E-state index contributed by atoms with van der Waals surface area (Å²) in [5.41, 5.74) is 5.59. The molecule has 72 valence electrons. The second kappa shape index (κ2) is 4.23. The molecule has 2 nitrogen and oxygen atoms in total. The first-order valence-corrected chi connectivity index (χ1v) is 4.28. The molecule has 3 heteroatoms. The smallest absolute Gasteiger partial charge is 0.165 e. The van der Waals surface area contributed by atoms with Gasteiger partial charge in [-0.3, -0.25) is 0 Å². The summed E-state index contributed by atoms with van der Waals surface area (Å²) in [6.45, 7) is 3.64. The molecule has 0 aliphatic carbocycles. The number of ether oxygens (including phenoxy) is 1. The van der Waals surface area contributed by atoms with Crippen molar-refractivity contribution in [2.75, 3.05) is 0 Å². The van der Waals surface area contributed by atoms with Crippen LogP contribution in [-0.4, -0.2) is 12.1 Å². The van der Waals surface area contributed by atoms with Crippen LogP contribution in [0.2, 0.25) is 0 Å². The van der Waals surface area contributed by atoms with Crippen molar-refractivity contribution in [3.63, 3.8) is 0 Å². The Kier molecular flexibility index (Phi) is 3.25. The Morgan fingerprint density at radius 2 is 1.92 bits per heavy atom. The molecule has 1 rings (SSSR count). The fourth-order valence-electron chi connectivity index (χ4n) is 0.848. The van der Waals surface area contributed by atoms with E-state index in [0.717, 1.165) is 0 Å². The van der Waals surface area contributed by atoms with E-state index in [-0.39, 0.29) is 23.7 Å². The minimum atomic E-state index is -0.352. The molecular formula is C10H14FNO. The topological polar surface area (TPSA) is 35.2 Å². The number of hydrogen-bond donors (Lipinski definition) is 1. The van der Waals surface area contributed by atoms with Crippen LogP contribution in [0.3, 0.4) is 0 Å². The van der Waals surface area contributed by atoms with Crippen LogP contribution in [0.5, 0.6) is 5.75 Å². The normalized spacial score (nSPS) is 15.1. The van der Waals surface area contributed by atoms with Gasteiger partial charge in [-0.2, -0.15) is 0 Å². The lowest BCUT2D eigenvalue weighted by Gasteiger charge is -2.18. The Hall–Kier alpha value is -1.09. The zero-order valence-corrected chi connectivity index (χ0v) is 7.83. The van der Waals surface area contributed by atoms with Gasteiger partial charge in [0.05, 0.1) is 0 Å². The van der Waals surface area contributed by atoms with Gasteiger partial charge >= 0.3 is 0 Å². The van der Waals surface area contributed by atoms with E-state index in [1.165, 1.54) is 6.07 Å². The molecule has 1 aromatic carbocycles. The largest absolute Gasteiger partial charge is 0.486 e. The monoisotopic (exact) mass is 183 g/mol. The molecule has 2 atom stereocenters. The number of rotatable bonds is 3. The van der Waals surface area contributed by atoms with Crippen LogP contribution in [-0.2, 0) is 0 Å². The molecule has 0 aliphatic rings. The van der Waals surface area contributed by atoms with E-state index >= 15 is 0 Å². The third-order valence-corrected chi connectivity index (χ3v) is 1.89. The summed E-state index contributed by atoms with van der Waals surface area (Å²) in [5.74, 6) is -0.0951. The van der Waals surface area contributed by atoms with E-state index in [1.807, 2.05) is 13.8 Å². The highest BCUT2D eigenvalue weighted by atomic mass is 19.1. The van der Waals surface area contributed by atoms with Gasteiger partial charge in [-0.1, -0.05) is 12.1 Å². The van der Waals surface area contributed by atoms with E-state index in [2.05, 4.69) is 0 Å². The Bertz CT molecular complexity index is 275. The summed E-state index contributed by atoms with van der Waals surface area (Å²) in [6.07, 6.45) is -0.183. The SMILES string of the molecule is C[C@H](N)[C@H](C)Oc1ccccc1F. The van der Waals surface area contributed by atoms with Gasteiger partial charge in [-0.05, 0) is 26.0 Å². The highest BCUT2D eigenvalue weighted by molar-refractivity contribution is 5.23. The predicted molar refractivity (Wildman–Crippen MR) is 50.1 cm³/mol. The second-order valence-electron chi connectivity index (χ2n) is 3.11. The third kappa shape index (κ3) is 2.70. The van der Waals surface area contributed by atoms with Gasteiger partial charge in [-0.15, -0.1) is 0 Å². The van der Waals surface area contributed by atoms with E-state index in [0.29, 0.717) is 0 Å². The van der Waals surface area contributed by atoms with Crippen LogP contribution < -0.4 is 10.5 Å². The molecule has 0 amide bonds. The number of hydrogen-bond acceptors (Lipinski definition) is 2. The maximum absolute atomic E-state index is 13.0. The molecule has 0 radical (unpaired) electrons. The van der Waals surface area contributed by atoms with E-state index in [1.54, 1.807) is 18.2 Å².